The van der Waals surface area contributed by atoms with Gasteiger partial charge in [-0.1, -0.05) is 138 Å². The van der Waals surface area contributed by atoms with Gasteiger partial charge in [0.1, 0.15) is 23.2 Å². The predicted octanol–water partition coefficient (Wildman–Crippen LogP) is 11.6. The average molecular weight is 644 g/mol. The van der Waals surface area contributed by atoms with Crippen molar-refractivity contribution in [3.8, 4) is 0 Å². The predicted molar refractivity (Wildman–Crippen MR) is 205 cm³/mol. The molecule has 0 aliphatic carbocycles. The van der Waals surface area contributed by atoms with Gasteiger partial charge in [-0.3, -0.25) is 0 Å². The molecule has 0 amide bonds. The van der Waals surface area contributed by atoms with Crippen LogP contribution in [-0.2, 0) is 9.47 Å². The maximum Gasteiger partial charge on any atom is 0.157 e. The standard InChI is InChI=1S/C43H64O2P/c1-3-5-7-14-27-37-44-43(45-38-28-15-8-6-4-2)36-26-13-11-9-10-12-16-29-39-46(40-30-20-17-21-31-40,41-32-22-18-23-33-41)42-34-24-19-25-35-42/h10,12,17-25,30-35,43H,3-9,11,13-16,26-29,36-39H2,1-2H3/q+1/b12-10-. The lowest BCUT2D eigenvalue weighted by atomic mass is 10.1. The summed E-state index contributed by atoms with van der Waals surface area (Å²) in [4.78, 5) is 0. The molecule has 2 nitrogen and oxygen atoms in total. The first kappa shape index (κ1) is 38.2. The molecule has 0 aliphatic heterocycles. The summed E-state index contributed by atoms with van der Waals surface area (Å²) < 4.78 is 12.4. The molecule has 0 spiro atoms. The summed E-state index contributed by atoms with van der Waals surface area (Å²) in [5.41, 5.74) is 0. The average Bonchev–Trinajstić information content (AvgIpc) is 3.11. The van der Waals surface area contributed by atoms with Gasteiger partial charge >= 0.3 is 0 Å². The van der Waals surface area contributed by atoms with Crippen molar-refractivity contribution in [2.24, 2.45) is 0 Å². The largest absolute Gasteiger partial charge is 0.353 e. The Morgan fingerprint density at radius 1 is 0.478 bits per heavy atom. The molecule has 0 fully saturated rings. The molecule has 0 radical (unpaired) electrons. The Morgan fingerprint density at radius 3 is 1.35 bits per heavy atom. The zero-order valence-corrected chi connectivity index (χ0v) is 30.2. The SMILES string of the molecule is CCCCCCCOC(CCCCC/C=C\CCC[P+](c1ccccc1)(c1ccccc1)c1ccccc1)OCCCCCCC. The topological polar surface area (TPSA) is 18.5 Å². The van der Waals surface area contributed by atoms with E-state index in [4.69, 9.17) is 9.47 Å². The van der Waals surface area contributed by atoms with Gasteiger partial charge in [-0.15, -0.1) is 0 Å². The zero-order valence-electron chi connectivity index (χ0n) is 29.3. The van der Waals surface area contributed by atoms with Gasteiger partial charge in [0.15, 0.2) is 6.29 Å². The Labute approximate surface area is 283 Å². The Hall–Kier alpha value is -2.25. The number of hydrogen-bond donors (Lipinski definition) is 0. The van der Waals surface area contributed by atoms with E-state index < -0.39 is 7.26 Å². The van der Waals surface area contributed by atoms with Crippen molar-refractivity contribution in [3.05, 3.63) is 103 Å². The molecule has 3 rings (SSSR count). The van der Waals surface area contributed by atoms with Crippen molar-refractivity contribution in [3.63, 3.8) is 0 Å². The number of unbranched alkanes of at least 4 members (excludes halogenated alkanes) is 12. The molecule has 0 saturated heterocycles. The molecule has 0 aliphatic rings. The molecule has 0 N–H and O–H groups in total. The third kappa shape index (κ3) is 14.3. The molecule has 0 atom stereocenters. The monoisotopic (exact) mass is 643 g/mol. The van der Waals surface area contributed by atoms with E-state index in [2.05, 4.69) is 117 Å². The van der Waals surface area contributed by atoms with Gasteiger partial charge in [-0.25, -0.2) is 0 Å². The molecule has 0 saturated carbocycles. The van der Waals surface area contributed by atoms with Gasteiger partial charge in [0.2, 0.25) is 0 Å². The minimum absolute atomic E-state index is 0.0182. The Kier molecular flexibility index (Phi) is 20.6. The summed E-state index contributed by atoms with van der Waals surface area (Å²) in [6.45, 7) is 6.23. The van der Waals surface area contributed by atoms with Gasteiger partial charge in [-0.05, 0) is 87.8 Å². The number of ether oxygens (including phenoxy) is 2. The van der Waals surface area contributed by atoms with Gasteiger partial charge in [0.25, 0.3) is 0 Å². The van der Waals surface area contributed by atoms with Crippen LogP contribution >= 0.6 is 7.26 Å². The number of hydrogen-bond acceptors (Lipinski definition) is 2. The van der Waals surface area contributed by atoms with Crippen molar-refractivity contribution < 1.29 is 9.47 Å². The second kappa shape index (κ2) is 24.9. The van der Waals surface area contributed by atoms with E-state index in [0.29, 0.717) is 0 Å². The van der Waals surface area contributed by atoms with Crippen LogP contribution in [0.25, 0.3) is 0 Å². The molecule has 3 heteroatoms. The summed E-state index contributed by atoms with van der Waals surface area (Å²) in [6.07, 6.45) is 27.0. The van der Waals surface area contributed by atoms with Crippen LogP contribution in [0.1, 0.15) is 123 Å². The second-order valence-electron chi connectivity index (χ2n) is 12.8. The van der Waals surface area contributed by atoms with Crippen molar-refractivity contribution in [2.75, 3.05) is 19.4 Å². The van der Waals surface area contributed by atoms with Crippen LogP contribution in [0.3, 0.4) is 0 Å². The van der Waals surface area contributed by atoms with E-state index in [1.54, 1.807) is 0 Å². The van der Waals surface area contributed by atoms with E-state index in [1.165, 1.54) is 99.1 Å². The normalized spacial score (nSPS) is 12.0. The maximum absolute atomic E-state index is 6.21. The lowest BCUT2D eigenvalue weighted by molar-refractivity contribution is -0.148. The zero-order chi connectivity index (χ0) is 32.4. The molecular weight excluding hydrogens is 579 g/mol. The lowest BCUT2D eigenvalue weighted by Gasteiger charge is -2.27. The highest BCUT2D eigenvalue weighted by molar-refractivity contribution is 7.95. The minimum atomic E-state index is -1.72. The van der Waals surface area contributed by atoms with Gasteiger partial charge < -0.3 is 9.47 Å². The molecule has 0 aromatic heterocycles. The number of allylic oxidation sites excluding steroid dienone is 2. The van der Waals surface area contributed by atoms with Crippen molar-refractivity contribution in [1.29, 1.82) is 0 Å². The molecular formula is C43H64O2P+. The van der Waals surface area contributed by atoms with Crippen LogP contribution in [-0.4, -0.2) is 25.7 Å². The van der Waals surface area contributed by atoms with E-state index in [9.17, 15) is 0 Å². The van der Waals surface area contributed by atoms with Gasteiger partial charge in [-0.2, -0.15) is 0 Å². The van der Waals surface area contributed by atoms with E-state index in [0.717, 1.165) is 45.3 Å². The van der Waals surface area contributed by atoms with Crippen LogP contribution in [0.2, 0.25) is 0 Å². The van der Waals surface area contributed by atoms with Crippen LogP contribution < -0.4 is 15.9 Å². The second-order valence-corrected chi connectivity index (χ2v) is 16.4. The van der Waals surface area contributed by atoms with E-state index in [1.807, 2.05) is 0 Å². The fourth-order valence-electron chi connectivity index (χ4n) is 6.37. The molecule has 3 aromatic carbocycles. The summed E-state index contributed by atoms with van der Waals surface area (Å²) >= 11 is 0. The summed E-state index contributed by atoms with van der Waals surface area (Å²) in [6, 6.07) is 33.8. The van der Waals surface area contributed by atoms with Crippen molar-refractivity contribution in [2.45, 2.75) is 129 Å². The molecule has 3 aromatic rings. The highest BCUT2D eigenvalue weighted by atomic mass is 31.2. The van der Waals surface area contributed by atoms with Crippen molar-refractivity contribution in [1.82, 2.24) is 0 Å². The Morgan fingerprint density at radius 2 is 0.891 bits per heavy atom. The first-order valence-corrected chi connectivity index (χ1v) is 20.7. The molecule has 0 unspecified atom stereocenters. The molecule has 252 valence electrons. The summed E-state index contributed by atoms with van der Waals surface area (Å²) in [7, 11) is -1.72. The molecule has 0 heterocycles. The fraction of sp³-hybridized carbons (Fsp3) is 0.535. The molecule has 46 heavy (non-hydrogen) atoms. The van der Waals surface area contributed by atoms with E-state index in [-0.39, 0.29) is 6.29 Å². The van der Waals surface area contributed by atoms with Crippen LogP contribution in [0.15, 0.2) is 103 Å². The maximum atomic E-state index is 6.21. The number of benzene rings is 3. The molecule has 0 bridgehead atoms. The summed E-state index contributed by atoms with van der Waals surface area (Å²) in [5, 5.41) is 4.45. The minimum Gasteiger partial charge on any atom is -0.353 e. The fourth-order valence-corrected chi connectivity index (χ4v) is 10.7. The van der Waals surface area contributed by atoms with E-state index >= 15 is 0 Å². The van der Waals surface area contributed by atoms with Crippen LogP contribution in [0.4, 0.5) is 0 Å². The quantitative estimate of drug-likeness (QED) is 0.0356. The highest BCUT2D eigenvalue weighted by Crippen LogP contribution is 2.55. The summed E-state index contributed by atoms with van der Waals surface area (Å²) in [5.74, 6) is 0. The third-order valence-corrected chi connectivity index (χ3v) is 13.6. The van der Waals surface area contributed by atoms with Crippen LogP contribution in [0, 0.1) is 0 Å². The Balaban J connectivity index is 1.43. The first-order valence-electron chi connectivity index (χ1n) is 18.7. The smallest absolute Gasteiger partial charge is 0.157 e. The lowest BCUT2D eigenvalue weighted by Crippen LogP contribution is -2.33. The third-order valence-electron chi connectivity index (χ3n) is 9.04. The van der Waals surface area contributed by atoms with Gasteiger partial charge in [0, 0.05) is 13.2 Å². The Bertz CT molecular complexity index is 1020. The number of rotatable bonds is 27. The van der Waals surface area contributed by atoms with Gasteiger partial charge in [0.05, 0.1) is 6.16 Å². The van der Waals surface area contributed by atoms with Crippen molar-refractivity contribution >= 4 is 23.2 Å². The van der Waals surface area contributed by atoms with Crippen LogP contribution in [0.5, 0.6) is 0 Å². The highest BCUT2D eigenvalue weighted by Gasteiger charge is 2.44. The first-order chi connectivity index (χ1) is 22.8.